The Morgan fingerprint density at radius 3 is 2.48 bits per heavy atom. The molecule has 3 rings (SSSR count). The molecule has 1 heterocycles. The summed E-state index contributed by atoms with van der Waals surface area (Å²) in [6.45, 7) is 1.01. The summed E-state index contributed by atoms with van der Waals surface area (Å²) in [5, 5.41) is 19.4. The molecule has 0 bridgehead atoms. The first-order valence-electron chi connectivity index (χ1n) is 9.45. The molecule has 0 spiro atoms. The lowest BCUT2D eigenvalue weighted by Gasteiger charge is -2.26. The summed E-state index contributed by atoms with van der Waals surface area (Å²) in [6, 6.07) is 16.8. The molecule has 1 aromatic heterocycles. The molecule has 6 nitrogen and oxygen atoms in total. The summed E-state index contributed by atoms with van der Waals surface area (Å²) in [7, 11) is 3.91. The van der Waals surface area contributed by atoms with Gasteiger partial charge in [-0.1, -0.05) is 30.3 Å². The van der Waals surface area contributed by atoms with Crippen LogP contribution in [0.15, 0.2) is 66.2 Å². The van der Waals surface area contributed by atoms with Gasteiger partial charge in [-0.05, 0) is 43.9 Å². The van der Waals surface area contributed by atoms with Crippen LogP contribution in [0.5, 0.6) is 0 Å². The molecule has 7 heteroatoms. The molecule has 29 heavy (non-hydrogen) atoms. The Morgan fingerprint density at radius 1 is 1.14 bits per heavy atom. The number of carbonyl (C=O) groups is 1. The number of nitrogens with zero attached hydrogens (tertiary/aromatic N) is 2. The summed E-state index contributed by atoms with van der Waals surface area (Å²) in [6.07, 6.45) is 1.12. The van der Waals surface area contributed by atoms with Crippen LogP contribution in [0.2, 0.25) is 0 Å². The van der Waals surface area contributed by atoms with Gasteiger partial charge in [0.2, 0.25) is 0 Å². The van der Waals surface area contributed by atoms with E-state index in [-0.39, 0.29) is 11.9 Å². The third-order valence-corrected chi connectivity index (χ3v) is 5.36. The number of aliphatic hydroxyl groups excluding tert-OH is 1. The highest BCUT2D eigenvalue weighted by Gasteiger charge is 2.22. The normalized spacial score (nSPS) is 13.1. The third-order valence-electron chi connectivity index (χ3n) is 4.53. The van der Waals surface area contributed by atoms with E-state index in [4.69, 9.17) is 0 Å². The number of benzene rings is 2. The number of hydrogen-bond donors (Lipinski definition) is 3. The monoisotopic (exact) mass is 410 g/mol. The molecule has 0 saturated heterocycles. The fourth-order valence-electron chi connectivity index (χ4n) is 3.13. The lowest BCUT2D eigenvalue weighted by atomic mass is 9.95. The molecule has 2 amide bonds. The van der Waals surface area contributed by atoms with Gasteiger partial charge >= 0.3 is 6.03 Å². The Hall–Kier alpha value is -2.74. The van der Waals surface area contributed by atoms with Gasteiger partial charge in [-0.3, -0.25) is 0 Å². The van der Waals surface area contributed by atoms with E-state index in [0.717, 1.165) is 16.1 Å². The van der Waals surface area contributed by atoms with Crippen molar-refractivity contribution in [1.82, 2.24) is 15.2 Å². The van der Waals surface area contributed by atoms with E-state index in [1.165, 1.54) is 0 Å². The van der Waals surface area contributed by atoms with Crippen LogP contribution in [0.25, 0.3) is 10.6 Å². The number of amides is 2. The van der Waals surface area contributed by atoms with E-state index in [9.17, 15) is 9.90 Å². The first kappa shape index (κ1) is 21.0. The molecule has 3 aromatic rings. The minimum Gasteiger partial charge on any atom is -0.388 e. The fourth-order valence-corrected chi connectivity index (χ4v) is 3.77. The van der Waals surface area contributed by atoms with Gasteiger partial charge in [0.1, 0.15) is 5.01 Å². The van der Waals surface area contributed by atoms with E-state index in [1.807, 2.05) is 79.0 Å². The summed E-state index contributed by atoms with van der Waals surface area (Å²) < 4.78 is 0. The molecule has 152 valence electrons. The first-order chi connectivity index (χ1) is 14.0. The summed E-state index contributed by atoms with van der Waals surface area (Å²) in [5.41, 5.74) is 2.57. The predicted molar refractivity (Wildman–Crippen MR) is 118 cm³/mol. The molecule has 0 unspecified atom stereocenters. The zero-order valence-electron chi connectivity index (χ0n) is 16.6. The Morgan fingerprint density at radius 2 is 1.86 bits per heavy atom. The molecule has 2 aromatic carbocycles. The summed E-state index contributed by atoms with van der Waals surface area (Å²) in [4.78, 5) is 18.6. The molecule has 3 N–H and O–H groups in total. The quantitative estimate of drug-likeness (QED) is 0.527. The number of urea groups is 1. The van der Waals surface area contributed by atoms with Gasteiger partial charge in [-0.15, -0.1) is 11.3 Å². The average Bonchev–Trinajstić information content (AvgIpc) is 3.26. The van der Waals surface area contributed by atoms with Crippen LogP contribution in [0, 0.1) is 5.92 Å². The smallest absolute Gasteiger partial charge is 0.319 e. The van der Waals surface area contributed by atoms with Crippen molar-refractivity contribution in [2.75, 3.05) is 32.5 Å². The maximum absolute atomic E-state index is 12.3. The number of aromatic nitrogens is 1. The minimum absolute atomic E-state index is 0.134. The van der Waals surface area contributed by atoms with Crippen LogP contribution in [-0.4, -0.2) is 48.2 Å². The van der Waals surface area contributed by atoms with Crippen LogP contribution in [-0.2, 0) is 0 Å². The van der Waals surface area contributed by atoms with Crippen LogP contribution >= 0.6 is 11.3 Å². The molecular weight excluding hydrogens is 384 g/mol. The molecule has 0 saturated carbocycles. The topological polar surface area (TPSA) is 77.5 Å². The molecule has 0 fully saturated rings. The zero-order chi connectivity index (χ0) is 20.6. The Balaban J connectivity index is 1.56. The number of thiazole rings is 1. The molecular formula is C22H26N4O2S. The van der Waals surface area contributed by atoms with Crippen molar-refractivity contribution in [1.29, 1.82) is 0 Å². The van der Waals surface area contributed by atoms with E-state index in [2.05, 4.69) is 15.6 Å². The van der Waals surface area contributed by atoms with Crippen LogP contribution in [0.3, 0.4) is 0 Å². The van der Waals surface area contributed by atoms with E-state index in [1.54, 1.807) is 17.5 Å². The maximum atomic E-state index is 12.3. The number of carbonyl (C=O) groups excluding carboxylic acids is 1. The van der Waals surface area contributed by atoms with Crippen molar-refractivity contribution >= 4 is 23.1 Å². The number of anilines is 1. The highest BCUT2D eigenvalue weighted by Crippen LogP contribution is 2.24. The SMILES string of the molecule is CN(C)C[C@H](CNC(=O)Nc1ccc(-c2nccs2)cc1)[C@H](O)c1ccccc1. The zero-order valence-corrected chi connectivity index (χ0v) is 17.4. The Bertz CT molecular complexity index is 883. The molecule has 0 aliphatic rings. The number of hydrogen-bond acceptors (Lipinski definition) is 5. The predicted octanol–water partition coefficient (Wildman–Crippen LogP) is 3.84. The lowest BCUT2D eigenvalue weighted by molar-refractivity contribution is 0.0911. The van der Waals surface area contributed by atoms with Crippen molar-refractivity contribution in [3.05, 3.63) is 71.7 Å². The van der Waals surface area contributed by atoms with E-state index >= 15 is 0 Å². The summed E-state index contributed by atoms with van der Waals surface area (Å²) in [5.74, 6) is -0.134. The highest BCUT2D eigenvalue weighted by atomic mass is 32.1. The molecule has 0 radical (unpaired) electrons. The van der Waals surface area contributed by atoms with Gasteiger partial charge in [0.15, 0.2) is 0 Å². The van der Waals surface area contributed by atoms with Gasteiger partial charge in [0.25, 0.3) is 0 Å². The van der Waals surface area contributed by atoms with Crippen LogP contribution in [0.4, 0.5) is 10.5 Å². The number of nitrogens with one attached hydrogen (secondary N) is 2. The van der Waals surface area contributed by atoms with Crippen molar-refractivity contribution < 1.29 is 9.90 Å². The van der Waals surface area contributed by atoms with Gasteiger partial charge in [0, 0.05) is 41.8 Å². The molecule has 2 atom stereocenters. The van der Waals surface area contributed by atoms with Crippen molar-refractivity contribution in [2.45, 2.75) is 6.10 Å². The number of rotatable bonds is 8. The van der Waals surface area contributed by atoms with E-state index < -0.39 is 6.10 Å². The second kappa shape index (κ2) is 10.2. The van der Waals surface area contributed by atoms with Gasteiger partial charge in [-0.2, -0.15) is 0 Å². The minimum atomic E-state index is -0.656. The second-order valence-electron chi connectivity index (χ2n) is 7.13. The molecule has 0 aliphatic heterocycles. The van der Waals surface area contributed by atoms with Gasteiger partial charge in [-0.25, -0.2) is 9.78 Å². The highest BCUT2D eigenvalue weighted by molar-refractivity contribution is 7.13. The van der Waals surface area contributed by atoms with Gasteiger partial charge < -0.3 is 20.6 Å². The van der Waals surface area contributed by atoms with Crippen molar-refractivity contribution in [3.8, 4) is 10.6 Å². The maximum Gasteiger partial charge on any atom is 0.319 e. The number of aliphatic hydroxyl groups is 1. The average molecular weight is 411 g/mol. The lowest BCUT2D eigenvalue weighted by Crippen LogP contribution is -2.39. The largest absolute Gasteiger partial charge is 0.388 e. The van der Waals surface area contributed by atoms with Crippen molar-refractivity contribution in [2.24, 2.45) is 5.92 Å². The van der Waals surface area contributed by atoms with Crippen LogP contribution < -0.4 is 10.6 Å². The Labute approximate surface area is 175 Å². The third kappa shape index (κ3) is 6.12. The van der Waals surface area contributed by atoms with Gasteiger partial charge in [0.05, 0.1) is 6.10 Å². The van der Waals surface area contributed by atoms with E-state index in [0.29, 0.717) is 18.8 Å². The summed E-state index contributed by atoms with van der Waals surface area (Å²) >= 11 is 1.57. The van der Waals surface area contributed by atoms with Crippen molar-refractivity contribution in [3.63, 3.8) is 0 Å². The standard InChI is InChI=1S/C22H26N4O2S/c1-26(2)15-18(20(27)16-6-4-3-5-7-16)14-24-22(28)25-19-10-8-17(9-11-19)21-23-12-13-29-21/h3-13,18,20,27H,14-15H2,1-2H3,(H2,24,25,28)/t18-,20+/m0/s1. The molecule has 0 aliphatic carbocycles. The Kier molecular flexibility index (Phi) is 7.35. The first-order valence-corrected chi connectivity index (χ1v) is 10.3. The fraction of sp³-hybridized carbons (Fsp3) is 0.273. The van der Waals surface area contributed by atoms with Crippen LogP contribution in [0.1, 0.15) is 11.7 Å². The second-order valence-corrected chi connectivity index (χ2v) is 8.02.